The Labute approximate surface area is 113 Å². The summed E-state index contributed by atoms with van der Waals surface area (Å²) in [6, 6.07) is 0. The summed E-state index contributed by atoms with van der Waals surface area (Å²) < 4.78 is 0. The number of piperidine rings is 1. The van der Waals surface area contributed by atoms with Crippen molar-refractivity contribution in [3.63, 3.8) is 0 Å². The molecule has 0 aromatic heterocycles. The van der Waals surface area contributed by atoms with E-state index in [0.29, 0.717) is 5.92 Å². The fraction of sp³-hybridized carbons (Fsp3) is 1.00. The molecule has 0 amide bonds. The van der Waals surface area contributed by atoms with Gasteiger partial charge in [-0.2, -0.15) is 0 Å². The van der Waals surface area contributed by atoms with Gasteiger partial charge in [0.15, 0.2) is 0 Å². The summed E-state index contributed by atoms with van der Waals surface area (Å²) >= 11 is 0. The SMILES string of the molecule is CC(C)CC(CN)CN1CCC2(CCCC2)CC1. The highest BCUT2D eigenvalue weighted by Crippen LogP contribution is 2.46. The van der Waals surface area contributed by atoms with E-state index in [4.69, 9.17) is 5.73 Å². The zero-order valence-electron chi connectivity index (χ0n) is 12.5. The third-order valence-corrected chi connectivity index (χ3v) is 5.24. The molecule has 106 valence electrons. The molecule has 18 heavy (non-hydrogen) atoms. The largest absolute Gasteiger partial charge is 0.330 e. The number of hydrogen-bond acceptors (Lipinski definition) is 2. The molecule has 2 heteroatoms. The van der Waals surface area contributed by atoms with Crippen molar-refractivity contribution >= 4 is 0 Å². The molecule has 1 heterocycles. The summed E-state index contributed by atoms with van der Waals surface area (Å²) in [6.45, 7) is 9.38. The molecule has 2 fully saturated rings. The second kappa shape index (κ2) is 6.38. The Kier molecular flexibility index (Phi) is 5.08. The summed E-state index contributed by atoms with van der Waals surface area (Å²) in [7, 11) is 0. The lowest BCUT2D eigenvalue weighted by atomic mass is 9.77. The molecule has 1 unspecified atom stereocenters. The van der Waals surface area contributed by atoms with Crippen LogP contribution in [0.1, 0.15) is 58.8 Å². The van der Waals surface area contributed by atoms with Gasteiger partial charge in [0, 0.05) is 6.54 Å². The van der Waals surface area contributed by atoms with E-state index < -0.39 is 0 Å². The summed E-state index contributed by atoms with van der Waals surface area (Å²) in [5, 5.41) is 0. The van der Waals surface area contributed by atoms with Crippen LogP contribution in [0.15, 0.2) is 0 Å². The van der Waals surface area contributed by atoms with E-state index in [9.17, 15) is 0 Å². The molecule has 1 atom stereocenters. The Balaban J connectivity index is 1.75. The van der Waals surface area contributed by atoms with Gasteiger partial charge in [0.2, 0.25) is 0 Å². The second-order valence-corrected chi connectivity index (χ2v) is 7.24. The molecular formula is C16H32N2. The van der Waals surface area contributed by atoms with Crippen molar-refractivity contribution in [2.24, 2.45) is 23.0 Å². The molecule has 0 bridgehead atoms. The maximum atomic E-state index is 5.93. The van der Waals surface area contributed by atoms with Crippen LogP contribution in [0, 0.1) is 17.3 Å². The van der Waals surface area contributed by atoms with Gasteiger partial charge in [-0.3, -0.25) is 0 Å². The molecule has 2 nitrogen and oxygen atoms in total. The Morgan fingerprint density at radius 1 is 1.06 bits per heavy atom. The average Bonchev–Trinajstić information content (AvgIpc) is 2.79. The molecular weight excluding hydrogens is 220 g/mol. The topological polar surface area (TPSA) is 29.3 Å². The summed E-state index contributed by atoms with van der Waals surface area (Å²) in [5.74, 6) is 1.49. The first kappa shape index (κ1) is 14.3. The third-order valence-electron chi connectivity index (χ3n) is 5.24. The molecule has 1 saturated carbocycles. The predicted octanol–water partition coefficient (Wildman–Crippen LogP) is 3.26. The van der Waals surface area contributed by atoms with Crippen LogP contribution < -0.4 is 5.73 Å². The van der Waals surface area contributed by atoms with Crippen LogP contribution in [0.5, 0.6) is 0 Å². The molecule has 1 aliphatic carbocycles. The molecule has 0 radical (unpaired) electrons. The molecule has 2 N–H and O–H groups in total. The Morgan fingerprint density at radius 2 is 1.67 bits per heavy atom. The monoisotopic (exact) mass is 252 g/mol. The molecule has 1 spiro atoms. The number of nitrogens with two attached hydrogens (primary N) is 1. The van der Waals surface area contributed by atoms with Gasteiger partial charge in [0.1, 0.15) is 0 Å². The lowest BCUT2D eigenvalue weighted by Gasteiger charge is -2.40. The van der Waals surface area contributed by atoms with Crippen molar-refractivity contribution in [2.75, 3.05) is 26.2 Å². The maximum absolute atomic E-state index is 5.93. The minimum Gasteiger partial charge on any atom is -0.330 e. The highest BCUT2D eigenvalue weighted by atomic mass is 15.1. The van der Waals surface area contributed by atoms with Gasteiger partial charge in [-0.25, -0.2) is 0 Å². The lowest BCUT2D eigenvalue weighted by Crippen LogP contribution is -2.42. The van der Waals surface area contributed by atoms with Gasteiger partial charge < -0.3 is 10.6 Å². The van der Waals surface area contributed by atoms with E-state index in [-0.39, 0.29) is 0 Å². The highest BCUT2D eigenvalue weighted by molar-refractivity contribution is 4.90. The Morgan fingerprint density at radius 3 is 2.17 bits per heavy atom. The Hall–Kier alpha value is -0.0800. The van der Waals surface area contributed by atoms with Crippen LogP contribution in [0.4, 0.5) is 0 Å². The van der Waals surface area contributed by atoms with Gasteiger partial charge >= 0.3 is 0 Å². The van der Waals surface area contributed by atoms with Crippen molar-refractivity contribution in [3.8, 4) is 0 Å². The molecule has 0 aromatic carbocycles. The van der Waals surface area contributed by atoms with Crippen LogP contribution in [0.3, 0.4) is 0 Å². The zero-order valence-corrected chi connectivity index (χ0v) is 12.5. The molecule has 2 aliphatic rings. The van der Waals surface area contributed by atoms with E-state index in [0.717, 1.165) is 17.9 Å². The minimum absolute atomic E-state index is 0.711. The normalized spacial score (nSPS) is 26.0. The van der Waals surface area contributed by atoms with Crippen molar-refractivity contribution in [1.29, 1.82) is 0 Å². The van der Waals surface area contributed by atoms with Crippen LogP contribution in [0.2, 0.25) is 0 Å². The summed E-state index contributed by atoms with van der Waals surface area (Å²) in [5.41, 5.74) is 6.68. The third kappa shape index (κ3) is 3.71. The van der Waals surface area contributed by atoms with Gasteiger partial charge in [0.25, 0.3) is 0 Å². The van der Waals surface area contributed by atoms with Gasteiger partial charge in [0.05, 0.1) is 0 Å². The van der Waals surface area contributed by atoms with Gasteiger partial charge in [-0.15, -0.1) is 0 Å². The van der Waals surface area contributed by atoms with Crippen molar-refractivity contribution in [2.45, 2.75) is 58.8 Å². The number of hydrogen-bond donors (Lipinski definition) is 1. The van der Waals surface area contributed by atoms with E-state index in [1.165, 1.54) is 64.6 Å². The quantitative estimate of drug-likeness (QED) is 0.814. The standard InChI is InChI=1S/C16H32N2/c1-14(2)11-15(12-17)13-18-9-7-16(8-10-18)5-3-4-6-16/h14-15H,3-13,17H2,1-2H3. The van der Waals surface area contributed by atoms with Gasteiger partial charge in [-0.05, 0) is 69.0 Å². The fourth-order valence-corrected chi connectivity index (χ4v) is 4.11. The zero-order chi connectivity index (χ0) is 13.0. The minimum atomic E-state index is 0.711. The van der Waals surface area contributed by atoms with E-state index in [1.807, 2.05) is 0 Å². The van der Waals surface area contributed by atoms with Gasteiger partial charge in [-0.1, -0.05) is 26.7 Å². The van der Waals surface area contributed by atoms with Crippen molar-refractivity contribution in [3.05, 3.63) is 0 Å². The Bertz CT molecular complexity index is 233. The second-order valence-electron chi connectivity index (χ2n) is 7.24. The van der Waals surface area contributed by atoms with Crippen LogP contribution >= 0.6 is 0 Å². The summed E-state index contributed by atoms with van der Waals surface area (Å²) in [4.78, 5) is 2.68. The fourth-order valence-electron chi connectivity index (χ4n) is 4.11. The molecule has 2 rings (SSSR count). The number of nitrogens with zero attached hydrogens (tertiary/aromatic N) is 1. The van der Waals surface area contributed by atoms with Crippen molar-refractivity contribution < 1.29 is 0 Å². The van der Waals surface area contributed by atoms with E-state index in [2.05, 4.69) is 18.7 Å². The first-order chi connectivity index (χ1) is 8.63. The van der Waals surface area contributed by atoms with E-state index in [1.54, 1.807) is 0 Å². The molecule has 0 aromatic rings. The number of likely N-dealkylation sites (tertiary alicyclic amines) is 1. The maximum Gasteiger partial charge on any atom is 0.00218 e. The van der Waals surface area contributed by atoms with Crippen LogP contribution in [0.25, 0.3) is 0 Å². The first-order valence-electron chi connectivity index (χ1n) is 8.06. The van der Waals surface area contributed by atoms with E-state index >= 15 is 0 Å². The van der Waals surface area contributed by atoms with Crippen LogP contribution in [-0.2, 0) is 0 Å². The smallest absolute Gasteiger partial charge is 0.00218 e. The average molecular weight is 252 g/mol. The predicted molar refractivity (Wildman–Crippen MR) is 78.6 cm³/mol. The number of rotatable bonds is 5. The molecule has 1 saturated heterocycles. The summed E-state index contributed by atoms with van der Waals surface area (Å²) in [6.07, 6.45) is 10.2. The van der Waals surface area contributed by atoms with Crippen LogP contribution in [-0.4, -0.2) is 31.1 Å². The first-order valence-corrected chi connectivity index (χ1v) is 8.06. The lowest BCUT2D eigenvalue weighted by molar-refractivity contribution is 0.0935. The molecule has 1 aliphatic heterocycles. The highest BCUT2D eigenvalue weighted by Gasteiger charge is 2.36. The van der Waals surface area contributed by atoms with Crippen molar-refractivity contribution in [1.82, 2.24) is 4.90 Å².